The van der Waals surface area contributed by atoms with Crippen LogP contribution >= 0.6 is 0 Å². The average molecular weight is 260 g/mol. The summed E-state index contributed by atoms with van der Waals surface area (Å²) in [6, 6.07) is 6.53. The molecule has 2 aliphatic heterocycles. The molecule has 1 amide bonds. The zero-order chi connectivity index (χ0) is 13.4. The molecular weight excluding hydrogens is 240 g/mol. The Morgan fingerprint density at radius 3 is 2.63 bits per heavy atom. The smallest absolute Gasteiger partial charge is 0.254 e. The maximum Gasteiger partial charge on any atom is 0.254 e. The molecule has 1 fully saturated rings. The number of anilines is 1. The van der Waals surface area contributed by atoms with Crippen molar-refractivity contribution in [2.75, 3.05) is 31.2 Å². The topological polar surface area (TPSA) is 32.8 Å². The van der Waals surface area contributed by atoms with E-state index in [0.717, 1.165) is 49.7 Å². The van der Waals surface area contributed by atoms with Gasteiger partial charge < -0.3 is 14.5 Å². The number of morpholine rings is 1. The van der Waals surface area contributed by atoms with Gasteiger partial charge in [-0.1, -0.05) is 6.07 Å². The monoisotopic (exact) mass is 260 g/mol. The maximum atomic E-state index is 12.4. The van der Waals surface area contributed by atoms with Crippen LogP contribution in [0.3, 0.4) is 0 Å². The second-order valence-corrected chi connectivity index (χ2v) is 5.47. The molecule has 0 bridgehead atoms. The summed E-state index contributed by atoms with van der Waals surface area (Å²) in [6.45, 7) is 8.21. The Balaban J connectivity index is 1.87. The molecule has 1 aromatic carbocycles. The lowest BCUT2D eigenvalue weighted by Gasteiger charge is -2.29. The van der Waals surface area contributed by atoms with Crippen LogP contribution in [0.5, 0.6) is 0 Å². The van der Waals surface area contributed by atoms with Crippen LogP contribution in [-0.4, -0.2) is 43.2 Å². The summed E-state index contributed by atoms with van der Waals surface area (Å²) in [7, 11) is 0. The second kappa shape index (κ2) is 4.85. The summed E-state index contributed by atoms with van der Waals surface area (Å²) in [4.78, 5) is 16.6. The van der Waals surface area contributed by atoms with Gasteiger partial charge in [0.15, 0.2) is 0 Å². The molecule has 0 radical (unpaired) electrons. The minimum absolute atomic E-state index is 0.167. The molecular formula is C15H20N2O2. The van der Waals surface area contributed by atoms with Gasteiger partial charge in [-0.05, 0) is 31.5 Å². The Kier molecular flexibility index (Phi) is 3.19. The molecule has 2 heterocycles. The third-order valence-corrected chi connectivity index (χ3v) is 3.92. The molecule has 19 heavy (non-hydrogen) atoms. The fourth-order valence-electron chi connectivity index (χ4n) is 2.75. The lowest BCUT2D eigenvalue weighted by atomic mass is 10.1. The highest BCUT2D eigenvalue weighted by Crippen LogP contribution is 2.28. The SMILES string of the molecule is CC(C)N1Cc2ccc(N3CCOCC3)cc2C1=O. The van der Waals surface area contributed by atoms with E-state index < -0.39 is 0 Å². The highest BCUT2D eigenvalue weighted by Gasteiger charge is 2.29. The highest BCUT2D eigenvalue weighted by atomic mass is 16.5. The predicted molar refractivity (Wildman–Crippen MR) is 74.5 cm³/mol. The van der Waals surface area contributed by atoms with E-state index in [1.807, 2.05) is 11.0 Å². The Morgan fingerprint density at radius 1 is 1.21 bits per heavy atom. The van der Waals surface area contributed by atoms with Crippen LogP contribution < -0.4 is 4.90 Å². The molecule has 0 atom stereocenters. The van der Waals surface area contributed by atoms with Gasteiger partial charge in [-0.25, -0.2) is 0 Å². The molecule has 0 aromatic heterocycles. The molecule has 102 valence electrons. The quantitative estimate of drug-likeness (QED) is 0.814. The summed E-state index contributed by atoms with van der Waals surface area (Å²) in [6.07, 6.45) is 0. The summed E-state index contributed by atoms with van der Waals surface area (Å²) >= 11 is 0. The van der Waals surface area contributed by atoms with Crippen molar-refractivity contribution in [3.63, 3.8) is 0 Å². The zero-order valence-electron chi connectivity index (χ0n) is 11.6. The number of benzene rings is 1. The van der Waals surface area contributed by atoms with Crippen molar-refractivity contribution in [1.29, 1.82) is 0 Å². The molecule has 4 heteroatoms. The number of ether oxygens (including phenoxy) is 1. The van der Waals surface area contributed by atoms with Crippen molar-refractivity contribution in [2.45, 2.75) is 26.4 Å². The van der Waals surface area contributed by atoms with Crippen LogP contribution in [0.25, 0.3) is 0 Å². The van der Waals surface area contributed by atoms with Gasteiger partial charge in [-0.2, -0.15) is 0 Å². The molecule has 0 spiro atoms. The number of hydrogen-bond acceptors (Lipinski definition) is 3. The fourth-order valence-corrected chi connectivity index (χ4v) is 2.75. The zero-order valence-corrected chi connectivity index (χ0v) is 11.6. The van der Waals surface area contributed by atoms with Crippen LogP contribution in [0.2, 0.25) is 0 Å². The first-order chi connectivity index (χ1) is 9.16. The van der Waals surface area contributed by atoms with Crippen LogP contribution in [0.1, 0.15) is 29.8 Å². The Bertz CT molecular complexity index is 493. The van der Waals surface area contributed by atoms with E-state index in [4.69, 9.17) is 4.74 Å². The number of hydrogen-bond donors (Lipinski definition) is 0. The number of carbonyl (C=O) groups excluding carboxylic acids is 1. The molecule has 0 aliphatic carbocycles. The van der Waals surface area contributed by atoms with Gasteiger partial charge in [0.2, 0.25) is 0 Å². The molecule has 0 saturated carbocycles. The van der Waals surface area contributed by atoms with Crippen molar-refractivity contribution in [3.8, 4) is 0 Å². The van der Waals surface area contributed by atoms with Gasteiger partial charge in [0, 0.05) is 36.9 Å². The number of carbonyl (C=O) groups is 1. The summed E-state index contributed by atoms with van der Waals surface area (Å²) in [5.41, 5.74) is 3.16. The highest BCUT2D eigenvalue weighted by molar-refractivity contribution is 5.99. The standard InChI is InChI=1S/C15H20N2O2/c1-11(2)17-10-12-3-4-13(9-14(12)15(17)18)16-5-7-19-8-6-16/h3-4,9,11H,5-8,10H2,1-2H3. The first-order valence-corrected chi connectivity index (χ1v) is 6.93. The van der Waals surface area contributed by atoms with Crippen molar-refractivity contribution < 1.29 is 9.53 Å². The van der Waals surface area contributed by atoms with E-state index in [-0.39, 0.29) is 11.9 Å². The summed E-state index contributed by atoms with van der Waals surface area (Å²) in [5.74, 6) is 0.167. The average Bonchev–Trinajstić information content (AvgIpc) is 2.77. The van der Waals surface area contributed by atoms with Gasteiger partial charge in [0.1, 0.15) is 0 Å². The second-order valence-electron chi connectivity index (χ2n) is 5.47. The molecule has 1 aromatic rings. The van der Waals surface area contributed by atoms with Crippen LogP contribution in [0, 0.1) is 0 Å². The van der Waals surface area contributed by atoms with Crippen molar-refractivity contribution >= 4 is 11.6 Å². The predicted octanol–water partition coefficient (Wildman–Crippen LogP) is 1.89. The lowest BCUT2D eigenvalue weighted by molar-refractivity contribution is 0.0730. The summed E-state index contributed by atoms with van der Waals surface area (Å²) in [5, 5.41) is 0. The molecule has 1 saturated heterocycles. The van der Waals surface area contributed by atoms with Gasteiger partial charge in [-0.3, -0.25) is 4.79 Å². The number of fused-ring (bicyclic) bond motifs is 1. The Hall–Kier alpha value is -1.55. The largest absolute Gasteiger partial charge is 0.378 e. The molecule has 0 N–H and O–H groups in total. The van der Waals surface area contributed by atoms with Crippen LogP contribution in [0.15, 0.2) is 18.2 Å². The number of nitrogens with zero attached hydrogens (tertiary/aromatic N) is 2. The maximum absolute atomic E-state index is 12.4. The number of rotatable bonds is 2. The third kappa shape index (κ3) is 2.21. The van der Waals surface area contributed by atoms with E-state index in [1.54, 1.807) is 0 Å². The van der Waals surface area contributed by atoms with Crippen LogP contribution in [0.4, 0.5) is 5.69 Å². The minimum atomic E-state index is 0.167. The van der Waals surface area contributed by atoms with Gasteiger partial charge in [0.05, 0.1) is 13.2 Å². The number of amides is 1. The van der Waals surface area contributed by atoms with Crippen molar-refractivity contribution in [2.24, 2.45) is 0 Å². The van der Waals surface area contributed by atoms with Crippen molar-refractivity contribution in [1.82, 2.24) is 4.90 Å². The van der Waals surface area contributed by atoms with Gasteiger partial charge >= 0.3 is 0 Å². The van der Waals surface area contributed by atoms with E-state index in [9.17, 15) is 4.79 Å². The van der Waals surface area contributed by atoms with E-state index in [0.29, 0.717) is 0 Å². The molecule has 0 unspecified atom stereocenters. The Labute approximate surface area is 113 Å². The van der Waals surface area contributed by atoms with Crippen LogP contribution in [-0.2, 0) is 11.3 Å². The fraction of sp³-hybridized carbons (Fsp3) is 0.533. The summed E-state index contributed by atoms with van der Waals surface area (Å²) < 4.78 is 5.37. The minimum Gasteiger partial charge on any atom is -0.378 e. The normalized spacial score (nSPS) is 19.2. The van der Waals surface area contributed by atoms with E-state index in [2.05, 4.69) is 30.9 Å². The van der Waals surface area contributed by atoms with E-state index in [1.165, 1.54) is 0 Å². The van der Waals surface area contributed by atoms with Gasteiger partial charge in [-0.15, -0.1) is 0 Å². The first kappa shape index (κ1) is 12.5. The van der Waals surface area contributed by atoms with E-state index >= 15 is 0 Å². The molecule has 2 aliphatic rings. The third-order valence-electron chi connectivity index (χ3n) is 3.92. The molecule has 4 nitrogen and oxygen atoms in total. The first-order valence-electron chi connectivity index (χ1n) is 6.93. The van der Waals surface area contributed by atoms with Gasteiger partial charge in [0.25, 0.3) is 5.91 Å². The Morgan fingerprint density at radius 2 is 1.95 bits per heavy atom. The van der Waals surface area contributed by atoms with Crippen molar-refractivity contribution in [3.05, 3.63) is 29.3 Å². The molecule has 3 rings (SSSR count). The lowest BCUT2D eigenvalue weighted by Crippen LogP contribution is -2.36.